The number of carbonyl (C=O) groups excluding carboxylic acids is 1. The summed E-state index contributed by atoms with van der Waals surface area (Å²) in [6.45, 7) is 4.77. The van der Waals surface area contributed by atoms with Crippen molar-refractivity contribution >= 4 is 33.9 Å². The molecule has 0 saturated carbocycles. The molecule has 0 unspecified atom stereocenters. The number of halogens is 2. The molecular weight excluding hydrogens is 434 g/mol. The van der Waals surface area contributed by atoms with Gasteiger partial charge in [0.05, 0.1) is 16.7 Å². The molecule has 1 aromatic carbocycles. The number of nitrogens with zero attached hydrogens (tertiary/aromatic N) is 2. The number of aliphatic hydroxyl groups is 1. The predicted molar refractivity (Wildman–Crippen MR) is 122 cm³/mol. The monoisotopic (exact) mass is 458 g/mol. The quantitative estimate of drug-likeness (QED) is 0.496. The molecule has 0 radical (unpaired) electrons. The van der Waals surface area contributed by atoms with Gasteiger partial charge in [-0.2, -0.15) is 0 Å². The van der Waals surface area contributed by atoms with Crippen LogP contribution in [0.15, 0.2) is 36.4 Å². The first-order chi connectivity index (χ1) is 15.1. The molecule has 3 heterocycles. The van der Waals surface area contributed by atoms with Crippen molar-refractivity contribution in [3.63, 3.8) is 0 Å². The Balaban J connectivity index is 1.70. The molecule has 168 valence electrons. The minimum absolute atomic E-state index is 0.115. The highest BCUT2D eigenvalue weighted by Gasteiger charge is 2.24. The Hall–Kier alpha value is -3.04. The summed E-state index contributed by atoms with van der Waals surface area (Å²) in [6, 6.07) is 9.08. The van der Waals surface area contributed by atoms with E-state index >= 15 is 0 Å². The minimum atomic E-state index is -1.40. The Kier molecular flexibility index (Phi) is 5.87. The lowest BCUT2D eigenvalue weighted by Crippen LogP contribution is -2.19. The van der Waals surface area contributed by atoms with E-state index < -0.39 is 23.1 Å². The standard InChI is InChI=1S/C23H24F2N4O2S/c1-23(2,31)13-10-15(24)20(16(25)11-13)17-12-14(21(26)30)22(32-17)28-18-6-5-7-19(27-18)29-8-3-4-9-29/h5-7,10-12,31H,3-4,8-9H2,1-2H3,(H2,26,30)(H,27,28). The van der Waals surface area contributed by atoms with Crippen molar-refractivity contribution in [2.24, 2.45) is 5.73 Å². The summed E-state index contributed by atoms with van der Waals surface area (Å²) in [5.41, 5.74) is 4.08. The highest BCUT2D eigenvalue weighted by molar-refractivity contribution is 7.20. The lowest BCUT2D eigenvalue weighted by molar-refractivity contribution is 0.0778. The van der Waals surface area contributed by atoms with Crippen molar-refractivity contribution in [3.8, 4) is 10.4 Å². The van der Waals surface area contributed by atoms with Crippen molar-refractivity contribution in [2.45, 2.75) is 32.3 Å². The topological polar surface area (TPSA) is 91.5 Å². The van der Waals surface area contributed by atoms with E-state index in [9.17, 15) is 18.7 Å². The first-order valence-electron chi connectivity index (χ1n) is 10.3. The Morgan fingerprint density at radius 1 is 1.19 bits per heavy atom. The second-order valence-corrected chi connectivity index (χ2v) is 9.34. The molecule has 1 amide bonds. The highest BCUT2D eigenvalue weighted by Crippen LogP contribution is 2.40. The molecule has 3 aromatic rings. The maximum Gasteiger partial charge on any atom is 0.251 e. The van der Waals surface area contributed by atoms with Gasteiger partial charge in [0, 0.05) is 18.0 Å². The number of nitrogens with one attached hydrogen (secondary N) is 1. The van der Waals surface area contributed by atoms with Gasteiger partial charge < -0.3 is 21.1 Å². The van der Waals surface area contributed by atoms with Crippen LogP contribution >= 0.6 is 11.3 Å². The Bertz CT molecular complexity index is 1140. The first kappa shape index (κ1) is 22.2. The zero-order valence-electron chi connectivity index (χ0n) is 17.8. The maximum atomic E-state index is 14.8. The summed E-state index contributed by atoms with van der Waals surface area (Å²) >= 11 is 1.01. The number of nitrogens with two attached hydrogens (primary N) is 1. The van der Waals surface area contributed by atoms with E-state index in [0.717, 1.165) is 55.2 Å². The molecule has 0 bridgehead atoms. The van der Waals surface area contributed by atoms with E-state index in [1.807, 2.05) is 12.1 Å². The van der Waals surface area contributed by atoms with Crippen molar-refractivity contribution < 1.29 is 18.7 Å². The molecule has 1 aliphatic heterocycles. The van der Waals surface area contributed by atoms with E-state index in [2.05, 4.69) is 15.2 Å². The highest BCUT2D eigenvalue weighted by atomic mass is 32.1. The lowest BCUT2D eigenvalue weighted by atomic mass is 9.96. The van der Waals surface area contributed by atoms with Crippen LogP contribution in [0.5, 0.6) is 0 Å². The molecule has 6 nitrogen and oxygen atoms in total. The number of rotatable bonds is 6. The van der Waals surface area contributed by atoms with E-state index in [1.165, 1.54) is 19.9 Å². The van der Waals surface area contributed by atoms with Crippen LogP contribution < -0.4 is 16.0 Å². The second kappa shape index (κ2) is 8.48. The maximum absolute atomic E-state index is 14.8. The summed E-state index contributed by atoms with van der Waals surface area (Å²) in [7, 11) is 0. The smallest absolute Gasteiger partial charge is 0.251 e. The molecule has 32 heavy (non-hydrogen) atoms. The van der Waals surface area contributed by atoms with Crippen LogP contribution in [0, 0.1) is 11.6 Å². The zero-order chi connectivity index (χ0) is 23.0. The van der Waals surface area contributed by atoms with Crippen LogP contribution in [0.3, 0.4) is 0 Å². The fourth-order valence-corrected chi connectivity index (χ4v) is 4.80. The Morgan fingerprint density at radius 2 is 1.84 bits per heavy atom. The van der Waals surface area contributed by atoms with Gasteiger partial charge in [-0.15, -0.1) is 11.3 Å². The molecule has 2 aromatic heterocycles. The fraction of sp³-hybridized carbons (Fsp3) is 0.304. The van der Waals surface area contributed by atoms with Crippen molar-refractivity contribution in [1.82, 2.24) is 4.98 Å². The summed E-state index contributed by atoms with van der Waals surface area (Å²) in [4.78, 5) is 19.0. The Morgan fingerprint density at radius 3 is 2.44 bits per heavy atom. The number of carbonyl (C=O) groups is 1. The molecular formula is C23H24F2N4O2S. The third-order valence-corrected chi connectivity index (χ3v) is 6.47. The summed E-state index contributed by atoms with van der Waals surface area (Å²) < 4.78 is 29.6. The number of anilines is 3. The van der Waals surface area contributed by atoms with Crippen LogP contribution in [-0.2, 0) is 5.60 Å². The normalized spacial score (nSPS) is 14.1. The second-order valence-electron chi connectivity index (χ2n) is 8.29. The van der Waals surface area contributed by atoms with Crippen molar-refractivity contribution in [3.05, 3.63) is 59.2 Å². The van der Waals surface area contributed by atoms with Gasteiger partial charge in [-0.3, -0.25) is 4.79 Å². The molecule has 1 saturated heterocycles. The number of primary amides is 1. The van der Waals surface area contributed by atoms with Crippen molar-refractivity contribution in [2.75, 3.05) is 23.3 Å². The SMILES string of the molecule is CC(C)(O)c1cc(F)c(-c2cc(C(N)=O)c(Nc3cccc(N4CCCC4)n3)s2)c(F)c1. The largest absolute Gasteiger partial charge is 0.386 e. The molecule has 4 N–H and O–H groups in total. The number of hydrogen-bond donors (Lipinski definition) is 3. The molecule has 4 rings (SSSR count). The van der Waals surface area contributed by atoms with Crippen LogP contribution in [0.2, 0.25) is 0 Å². The fourth-order valence-electron chi connectivity index (χ4n) is 3.68. The predicted octanol–water partition coefficient (Wildman–Crippen LogP) is 4.76. The van der Waals surface area contributed by atoms with E-state index in [4.69, 9.17) is 5.73 Å². The third-order valence-electron chi connectivity index (χ3n) is 5.40. The van der Waals surface area contributed by atoms with Crippen LogP contribution in [0.25, 0.3) is 10.4 Å². The average molecular weight is 459 g/mol. The van der Waals surface area contributed by atoms with Crippen LogP contribution in [0.4, 0.5) is 25.4 Å². The number of hydrogen-bond acceptors (Lipinski definition) is 6. The van der Waals surface area contributed by atoms with E-state index in [0.29, 0.717) is 10.8 Å². The minimum Gasteiger partial charge on any atom is -0.386 e. The molecule has 0 atom stereocenters. The molecule has 0 aliphatic carbocycles. The number of thiophene rings is 1. The van der Waals surface area contributed by atoms with E-state index in [-0.39, 0.29) is 21.6 Å². The molecule has 0 spiro atoms. The van der Waals surface area contributed by atoms with Gasteiger partial charge in [0.25, 0.3) is 5.91 Å². The van der Waals surface area contributed by atoms with Gasteiger partial charge in [-0.1, -0.05) is 6.07 Å². The van der Waals surface area contributed by atoms with Gasteiger partial charge in [0.1, 0.15) is 28.3 Å². The van der Waals surface area contributed by atoms with Crippen LogP contribution in [0.1, 0.15) is 42.6 Å². The summed E-state index contributed by atoms with van der Waals surface area (Å²) in [6.07, 6.45) is 2.23. The number of amides is 1. The van der Waals surface area contributed by atoms with Gasteiger partial charge in [-0.25, -0.2) is 13.8 Å². The summed E-state index contributed by atoms with van der Waals surface area (Å²) in [5.74, 6) is -1.06. The Labute approximate surface area is 188 Å². The van der Waals surface area contributed by atoms with Crippen LogP contribution in [-0.4, -0.2) is 29.1 Å². The molecule has 1 aliphatic rings. The summed E-state index contributed by atoms with van der Waals surface area (Å²) in [5, 5.41) is 13.5. The zero-order valence-corrected chi connectivity index (χ0v) is 18.6. The lowest BCUT2D eigenvalue weighted by Gasteiger charge is -2.18. The molecule has 9 heteroatoms. The van der Waals surface area contributed by atoms with E-state index in [1.54, 1.807) is 6.07 Å². The number of aromatic nitrogens is 1. The number of benzene rings is 1. The number of pyridine rings is 1. The van der Waals surface area contributed by atoms with Gasteiger partial charge >= 0.3 is 0 Å². The molecule has 1 fully saturated rings. The first-order valence-corrected chi connectivity index (χ1v) is 11.1. The third kappa shape index (κ3) is 4.44. The van der Waals surface area contributed by atoms with Gasteiger partial charge in [-0.05, 0) is 62.6 Å². The van der Waals surface area contributed by atoms with Gasteiger partial charge in [0.15, 0.2) is 0 Å². The average Bonchev–Trinajstić information content (AvgIpc) is 3.37. The van der Waals surface area contributed by atoms with Crippen molar-refractivity contribution in [1.29, 1.82) is 0 Å². The van der Waals surface area contributed by atoms with Gasteiger partial charge in [0.2, 0.25) is 0 Å².